The van der Waals surface area contributed by atoms with E-state index in [1.807, 2.05) is 41.5 Å². The summed E-state index contributed by atoms with van der Waals surface area (Å²) >= 11 is 1.72. The Hall–Kier alpha value is -1.04. The molecule has 0 aliphatic carbocycles. The number of thioether (sulfide) groups is 1. The Bertz CT molecular complexity index is 427. The average molecular weight is 294 g/mol. The summed E-state index contributed by atoms with van der Waals surface area (Å²) in [6.45, 7) is 1.80. The predicted octanol–water partition coefficient (Wildman–Crippen LogP) is 1.67. The summed E-state index contributed by atoms with van der Waals surface area (Å²) in [5.41, 5.74) is 7.09. The normalized spacial score (nSPS) is 20.7. The van der Waals surface area contributed by atoms with Crippen molar-refractivity contribution < 1.29 is 9.53 Å². The second kappa shape index (κ2) is 7.67. The van der Waals surface area contributed by atoms with Gasteiger partial charge in [0.05, 0.1) is 19.2 Å². The van der Waals surface area contributed by atoms with Crippen LogP contribution in [0.15, 0.2) is 30.3 Å². The highest BCUT2D eigenvalue weighted by Crippen LogP contribution is 2.22. The highest BCUT2D eigenvalue weighted by Gasteiger charge is 2.28. The van der Waals surface area contributed by atoms with E-state index in [1.165, 1.54) is 0 Å². The number of nitrogens with two attached hydrogens (primary N) is 1. The zero-order valence-corrected chi connectivity index (χ0v) is 12.6. The highest BCUT2D eigenvalue weighted by molar-refractivity contribution is 7.98. The minimum absolute atomic E-state index is 0.0401. The molecule has 110 valence electrons. The molecule has 2 N–H and O–H groups in total. The van der Waals surface area contributed by atoms with Crippen LogP contribution in [0, 0.1) is 0 Å². The van der Waals surface area contributed by atoms with Gasteiger partial charge in [0.2, 0.25) is 5.91 Å². The zero-order chi connectivity index (χ0) is 14.4. The molecule has 1 aliphatic rings. The van der Waals surface area contributed by atoms with Gasteiger partial charge in [0.25, 0.3) is 0 Å². The number of nitrogens with zero attached hydrogens (tertiary/aromatic N) is 1. The van der Waals surface area contributed by atoms with E-state index in [0.717, 1.165) is 17.7 Å². The van der Waals surface area contributed by atoms with Crippen LogP contribution in [0.1, 0.15) is 18.1 Å². The number of carbonyl (C=O) groups excluding carboxylic acids is 1. The van der Waals surface area contributed by atoms with Crippen LogP contribution in [0.5, 0.6) is 0 Å². The molecule has 0 bridgehead atoms. The molecule has 1 aliphatic heterocycles. The van der Waals surface area contributed by atoms with Crippen molar-refractivity contribution in [1.82, 2.24) is 4.90 Å². The molecule has 0 spiro atoms. The molecule has 1 aromatic carbocycles. The lowest BCUT2D eigenvalue weighted by molar-refractivity contribution is -0.140. The van der Waals surface area contributed by atoms with Gasteiger partial charge >= 0.3 is 0 Å². The summed E-state index contributed by atoms with van der Waals surface area (Å²) in [5, 5.41) is 0. The van der Waals surface area contributed by atoms with Gasteiger partial charge in [-0.2, -0.15) is 11.8 Å². The lowest BCUT2D eigenvalue weighted by atomic mass is 10.1. The zero-order valence-electron chi connectivity index (χ0n) is 11.8. The summed E-state index contributed by atoms with van der Waals surface area (Å²) in [6, 6.07) is 9.64. The summed E-state index contributed by atoms with van der Waals surface area (Å²) < 4.78 is 5.77. The van der Waals surface area contributed by atoms with Crippen molar-refractivity contribution in [2.75, 3.05) is 31.7 Å². The molecule has 2 atom stereocenters. The van der Waals surface area contributed by atoms with E-state index >= 15 is 0 Å². The second-order valence-electron chi connectivity index (χ2n) is 4.94. The van der Waals surface area contributed by atoms with Gasteiger partial charge in [-0.15, -0.1) is 0 Å². The smallest absolute Gasteiger partial charge is 0.239 e. The largest absolute Gasteiger partial charge is 0.370 e. The van der Waals surface area contributed by atoms with E-state index in [4.69, 9.17) is 10.5 Å². The first kappa shape index (κ1) is 15.4. The van der Waals surface area contributed by atoms with Crippen LogP contribution >= 0.6 is 11.8 Å². The van der Waals surface area contributed by atoms with E-state index in [9.17, 15) is 4.79 Å². The van der Waals surface area contributed by atoms with Gasteiger partial charge in [0.1, 0.15) is 6.10 Å². The minimum atomic E-state index is -0.392. The average Bonchev–Trinajstić information content (AvgIpc) is 2.53. The Labute approximate surface area is 124 Å². The van der Waals surface area contributed by atoms with Crippen molar-refractivity contribution in [3.63, 3.8) is 0 Å². The Kier molecular flexibility index (Phi) is 5.88. The van der Waals surface area contributed by atoms with E-state index < -0.39 is 6.04 Å². The first-order chi connectivity index (χ1) is 9.72. The molecule has 2 rings (SSSR count). The molecule has 1 saturated heterocycles. The maximum Gasteiger partial charge on any atom is 0.239 e. The monoisotopic (exact) mass is 294 g/mol. The number of benzene rings is 1. The number of hydrogen-bond acceptors (Lipinski definition) is 4. The Morgan fingerprint density at radius 1 is 1.50 bits per heavy atom. The van der Waals surface area contributed by atoms with Crippen molar-refractivity contribution in [1.29, 1.82) is 0 Å². The first-order valence-electron chi connectivity index (χ1n) is 6.92. The van der Waals surface area contributed by atoms with Crippen LogP contribution in [0.3, 0.4) is 0 Å². The number of amides is 1. The van der Waals surface area contributed by atoms with Gasteiger partial charge in [-0.05, 0) is 24.0 Å². The van der Waals surface area contributed by atoms with Gasteiger partial charge in [0.15, 0.2) is 0 Å². The molecule has 5 heteroatoms. The minimum Gasteiger partial charge on any atom is -0.370 e. The summed E-state index contributed by atoms with van der Waals surface area (Å²) in [7, 11) is 0. The molecule has 2 unspecified atom stereocenters. The third-order valence-corrected chi connectivity index (χ3v) is 4.14. The van der Waals surface area contributed by atoms with E-state index in [1.54, 1.807) is 11.8 Å². The molecule has 1 amide bonds. The van der Waals surface area contributed by atoms with Crippen LogP contribution in [0.25, 0.3) is 0 Å². The Morgan fingerprint density at radius 3 is 2.95 bits per heavy atom. The molecule has 0 saturated carbocycles. The van der Waals surface area contributed by atoms with E-state index in [2.05, 4.69) is 0 Å². The summed E-state index contributed by atoms with van der Waals surface area (Å²) in [4.78, 5) is 14.2. The molecule has 1 aromatic rings. The van der Waals surface area contributed by atoms with E-state index in [-0.39, 0.29) is 12.0 Å². The number of hydrogen-bond donors (Lipinski definition) is 1. The third kappa shape index (κ3) is 3.98. The van der Waals surface area contributed by atoms with Crippen LogP contribution in [0.4, 0.5) is 0 Å². The lowest BCUT2D eigenvalue weighted by Crippen LogP contribution is -2.49. The van der Waals surface area contributed by atoms with Gasteiger partial charge in [-0.3, -0.25) is 4.79 Å². The predicted molar refractivity (Wildman–Crippen MR) is 82.7 cm³/mol. The van der Waals surface area contributed by atoms with Crippen molar-refractivity contribution >= 4 is 17.7 Å². The van der Waals surface area contributed by atoms with Crippen LogP contribution < -0.4 is 5.73 Å². The molecular weight excluding hydrogens is 272 g/mol. The summed E-state index contributed by atoms with van der Waals surface area (Å²) in [5.74, 6) is 0.961. The molecular formula is C15H22N2O2S. The molecule has 4 nitrogen and oxygen atoms in total. The summed E-state index contributed by atoms with van der Waals surface area (Å²) in [6.07, 6.45) is 2.71. The van der Waals surface area contributed by atoms with Crippen molar-refractivity contribution in [3.8, 4) is 0 Å². The van der Waals surface area contributed by atoms with Gasteiger partial charge in [0, 0.05) is 6.54 Å². The van der Waals surface area contributed by atoms with E-state index in [0.29, 0.717) is 19.7 Å². The standard InChI is InChI=1S/C15H22N2O2S/c1-20-10-7-13(16)15(18)17-8-9-19-14(11-17)12-5-3-2-4-6-12/h2-6,13-14H,7-11,16H2,1H3. The Balaban J connectivity index is 1.95. The fourth-order valence-corrected chi connectivity index (χ4v) is 2.81. The number of morpholine rings is 1. The number of carbonyl (C=O) groups is 1. The molecule has 0 aromatic heterocycles. The molecule has 0 radical (unpaired) electrons. The van der Waals surface area contributed by atoms with Crippen molar-refractivity contribution in [2.24, 2.45) is 5.73 Å². The molecule has 20 heavy (non-hydrogen) atoms. The SMILES string of the molecule is CSCCC(N)C(=O)N1CCOC(c2ccccc2)C1. The quantitative estimate of drug-likeness (QED) is 0.897. The van der Waals surface area contributed by atoms with Gasteiger partial charge in [-0.1, -0.05) is 30.3 Å². The fraction of sp³-hybridized carbons (Fsp3) is 0.533. The topological polar surface area (TPSA) is 55.6 Å². The van der Waals surface area contributed by atoms with Gasteiger partial charge in [-0.25, -0.2) is 0 Å². The van der Waals surface area contributed by atoms with Crippen LogP contribution in [-0.4, -0.2) is 48.6 Å². The molecule has 1 fully saturated rings. The van der Waals surface area contributed by atoms with Crippen LogP contribution in [-0.2, 0) is 9.53 Å². The third-order valence-electron chi connectivity index (χ3n) is 3.50. The van der Waals surface area contributed by atoms with Crippen molar-refractivity contribution in [3.05, 3.63) is 35.9 Å². The lowest BCUT2D eigenvalue weighted by Gasteiger charge is -2.34. The molecule has 1 heterocycles. The second-order valence-corrected chi connectivity index (χ2v) is 5.93. The fourth-order valence-electron chi connectivity index (χ4n) is 2.32. The van der Waals surface area contributed by atoms with Crippen LogP contribution in [0.2, 0.25) is 0 Å². The highest BCUT2D eigenvalue weighted by atomic mass is 32.2. The number of ether oxygens (including phenoxy) is 1. The van der Waals surface area contributed by atoms with Gasteiger partial charge < -0.3 is 15.4 Å². The Morgan fingerprint density at radius 2 is 2.25 bits per heavy atom. The number of rotatable bonds is 5. The maximum atomic E-state index is 12.3. The first-order valence-corrected chi connectivity index (χ1v) is 8.31. The van der Waals surface area contributed by atoms with Crippen molar-refractivity contribution in [2.45, 2.75) is 18.6 Å². The maximum absolute atomic E-state index is 12.3.